The lowest BCUT2D eigenvalue weighted by molar-refractivity contribution is -0.384. The molecule has 2 rings (SSSR count). The first kappa shape index (κ1) is 11.4. The second kappa shape index (κ2) is 4.84. The van der Waals surface area contributed by atoms with Crippen LogP contribution in [0.2, 0.25) is 5.02 Å². The van der Waals surface area contributed by atoms with E-state index in [4.69, 9.17) is 16.0 Å². The average Bonchev–Trinajstić information content (AvgIpc) is 2.78. The summed E-state index contributed by atoms with van der Waals surface area (Å²) in [4.78, 5) is 14.1. The van der Waals surface area contributed by atoms with E-state index in [1.807, 2.05) is 0 Å². The van der Waals surface area contributed by atoms with Crippen molar-refractivity contribution in [2.24, 2.45) is 0 Å². The third kappa shape index (κ3) is 2.73. The fourth-order valence-electron chi connectivity index (χ4n) is 1.32. The predicted molar refractivity (Wildman–Crippen MR) is 61.9 cm³/mol. The molecule has 17 heavy (non-hydrogen) atoms. The average molecular weight is 254 g/mol. The van der Waals surface area contributed by atoms with Crippen molar-refractivity contribution in [1.82, 2.24) is 4.98 Å². The van der Waals surface area contributed by atoms with Gasteiger partial charge in [0.05, 0.1) is 17.7 Å². The van der Waals surface area contributed by atoms with E-state index >= 15 is 0 Å². The summed E-state index contributed by atoms with van der Waals surface area (Å²) in [6.07, 6.45) is 2.83. The summed E-state index contributed by atoms with van der Waals surface area (Å²) in [6, 6.07) is 4.32. The van der Waals surface area contributed by atoms with Crippen LogP contribution in [-0.2, 0) is 6.54 Å². The fraction of sp³-hybridized carbons (Fsp3) is 0.100. The number of benzene rings is 1. The Balaban J connectivity index is 2.19. The van der Waals surface area contributed by atoms with Gasteiger partial charge in [0.2, 0.25) is 0 Å². The lowest BCUT2D eigenvalue weighted by Gasteiger charge is -2.05. The molecule has 1 aromatic carbocycles. The van der Waals surface area contributed by atoms with Crippen molar-refractivity contribution in [2.75, 3.05) is 5.32 Å². The van der Waals surface area contributed by atoms with E-state index in [9.17, 15) is 10.1 Å². The lowest BCUT2D eigenvalue weighted by Crippen LogP contribution is -2.01. The first-order valence-electron chi connectivity index (χ1n) is 4.72. The monoisotopic (exact) mass is 253 g/mol. The van der Waals surface area contributed by atoms with E-state index in [2.05, 4.69) is 10.3 Å². The second-order valence-electron chi connectivity index (χ2n) is 3.24. The SMILES string of the molecule is O=[N+]([O-])c1ccc(Cl)cc1NCc1cnco1. The van der Waals surface area contributed by atoms with Crippen LogP contribution in [0.1, 0.15) is 5.76 Å². The molecule has 0 unspecified atom stereocenters. The van der Waals surface area contributed by atoms with Crippen molar-refractivity contribution >= 4 is 23.0 Å². The van der Waals surface area contributed by atoms with Gasteiger partial charge in [-0.05, 0) is 12.1 Å². The van der Waals surface area contributed by atoms with Gasteiger partial charge in [-0.25, -0.2) is 4.98 Å². The van der Waals surface area contributed by atoms with Crippen LogP contribution in [0.15, 0.2) is 35.2 Å². The summed E-state index contributed by atoms with van der Waals surface area (Å²) in [5.41, 5.74) is 0.313. The topological polar surface area (TPSA) is 81.2 Å². The van der Waals surface area contributed by atoms with Gasteiger partial charge < -0.3 is 9.73 Å². The standard InChI is InChI=1S/C10H8ClN3O3/c11-7-1-2-10(14(15)16)9(3-7)13-5-8-4-12-6-17-8/h1-4,6,13H,5H2. The van der Waals surface area contributed by atoms with Crippen LogP contribution in [0, 0.1) is 10.1 Å². The number of nitrogens with one attached hydrogen (secondary N) is 1. The fourth-order valence-corrected chi connectivity index (χ4v) is 1.49. The smallest absolute Gasteiger partial charge is 0.292 e. The number of nitro benzene ring substituents is 1. The Morgan fingerprint density at radius 3 is 3.00 bits per heavy atom. The Labute approximate surface area is 101 Å². The highest BCUT2D eigenvalue weighted by Gasteiger charge is 2.13. The van der Waals surface area contributed by atoms with Crippen LogP contribution in [-0.4, -0.2) is 9.91 Å². The van der Waals surface area contributed by atoms with Crippen LogP contribution in [0.5, 0.6) is 0 Å². The summed E-state index contributed by atoms with van der Waals surface area (Å²) in [5, 5.41) is 14.1. The highest BCUT2D eigenvalue weighted by atomic mass is 35.5. The van der Waals surface area contributed by atoms with E-state index in [1.54, 1.807) is 0 Å². The molecule has 0 saturated heterocycles. The van der Waals surface area contributed by atoms with Crippen molar-refractivity contribution in [3.05, 3.63) is 51.7 Å². The van der Waals surface area contributed by atoms with E-state index in [0.717, 1.165) is 0 Å². The molecule has 88 valence electrons. The van der Waals surface area contributed by atoms with Crippen molar-refractivity contribution in [3.63, 3.8) is 0 Å². The van der Waals surface area contributed by atoms with E-state index in [-0.39, 0.29) is 5.69 Å². The van der Waals surface area contributed by atoms with Crippen LogP contribution in [0.3, 0.4) is 0 Å². The number of anilines is 1. The molecule has 0 amide bonds. The highest BCUT2D eigenvalue weighted by Crippen LogP contribution is 2.27. The van der Waals surface area contributed by atoms with Crippen molar-refractivity contribution in [2.45, 2.75) is 6.54 Å². The van der Waals surface area contributed by atoms with Crippen LogP contribution in [0.4, 0.5) is 11.4 Å². The zero-order chi connectivity index (χ0) is 12.3. The predicted octanol–water partition coefficient (Wildman–Crippen LogP) is 2.85. The second-order valence-corrected chi connectivity index (χ2v) is 3.68. The van der Waals surface area contributed by atoms with Gasteiger partial charge in [-0.1, -0.05) is 11.6 Å². The zero-order valence-electron chi connectivity index (χ0n) is 8.59. The first-order chi connectivity index (χ1) is 8.16. The minimum Gasteiger partial charge on any atom is -0.447 e. The summed E-state index contributed by atoms with van der Waals surface area (Å²) < 4.78 is 5.01. The third-order valence-corrected chi connectivity index (χ3v) is 2.33. The Hall–Kier alpha value is -2.08. The maximum Gasteiger partial charge on any atom is 0.292 e. The Kier molecular flexibility index (Phi) is 3.24. The maximum absolute atomic E-state index is 10.8. The zero-order valence-corrected chi connectivity index (χ0v) is 9.35. The van der Waals surface area contributed by atoms with Gasteiger partial charge in [-0.15, -0.1) is 0 Å². The molecule has 2 aromatic rings. The van der Waals surface area contributed by atoms with Gasteiger partial charge in [-0.2, -0.15) is 0 Å². The summed E-state index contributed by atoms with van der Waals surface area (Å²) >= 11 is 5.78. The van der Waals surface area contributed by atoms with Gasteiger partial charge in [0.1, 0.15) is 11.4 Å². The molecule has 1 N–H and O–H groups in total. The molecular weight excluding hydrogens is 246 g/mol. The van der Waals surface area contributed by atoms with E-state index in [0.29, 0.717) is 23.0 Å². The number of hydrogen-bond acceptors (Lipinski definition) is 5. The van der Waals surface area contributed by atoms with Gasteiger partial charge in [0, 0.05) is 11.1 Å². The number of oxazole rings is 1. The molecule has 0 bridgehead atoms. The minimum atomic E-state index is -0.473. The van der Waals surface area contributed by atoms with E-state index in [1.165, 1.54) is 30.8 Å². The normalized spacial score (nSPS) is 10.2. The molecular formula is C10H8ClN3O3. The molecule has 0 atom stereocenters. The quantitative estimate of drug-likeness (QED) is 0.669. The number of halogens is 1. The highest BCUT2D eigenvalue weighted by molar-refractivity contribution is 6.31. The molecule has 0 saturated carbocycles. The number of rotatable bonds is 4. The molecule has 0 aliphatic carbocycles. The minimum absolute atomic E-state index is 0.0334. The van der Waals surface area contributed by atoms with Crippen LogP contribution >= 0.6 is 11.6 Å². The Morgan fingerprint density at radius 2 is 2.35 bits per heavy atom. The van der Waals surface area contributed by atoms with Crippen molar-refractivity contribution in [3.8, 4) is 0 Å². The molecule has 0 spiro atoms. The molecule has 6 nitrogen and oxygen atoms in total. The molecule has 1 heterocycles. The molecule has 7 heteroatoms. The Bertz CT molecular complexity index is 528. The maximum atomic E-state index is 10.8. The van der Waals surface area contributed by atoms with Crippen molar-refractivity contribution < 1.29 is 9.34 Å². The molecule has 0 aliphatic heterocycles. The molecule has 0 aliphatic rings. The third-order valence-electron chi connectivity index (χ3n) is 2.09. The number of hydrogen-bond donors (Lipinski definition) is 1. The number of aromatic nitrogens is 1. The number of nitro groups is 1. The number of nitrogens with zero attached hydrogens (tertiary/aromatic N) is 2. The molecule has 0 radical (unpaired) electrons. The van der Waals surface area contributed by atoms with Crippen LogP contribution in [0.25, 0.3) is 0 Å². The summed E-state index contributed by atoms with van der Waals surface area (Å²) in [7, 11) is 0. The van der Waals surface area contributed by atoms with Gasteiger partial charge in [-0.3, -0.25) is 10.1 Å². The summed E-state index contributed by atoms with van der Waals surface area (Å²) in [6.45, 7) is 0.307. The van der Waals surface area contributed by atoms with E-state index < -0.39 is 4.92 Å². The first-order valence-corrected chi connectivity index (χ1v) is 5.10. The van der Waals surface area contributed by atoms with Crippen molar-refractivity contribution in [1.29, 1.82) is 0 Å². The largest absolute Gasteiger partial charge is 0.447 e. The Morgan fingerprint density at radius 1 is 1.53 bits per heavy atom. The lowest BCUT2D eigenvalue weighted by atomic mass is 10.2. The van der Waals surface area contributed by atoms with Gasteiger partial charge >= 0.3 is 0 Å². The molecule has 1 aromatic heterocycles. The summed E-state index contributed by atoms with van der Waals surface area (Å²) in [5.74, 6) is 0.583. The van der Waals surface area contributed by atoms with Crippen LogP contribution < -0.4 is 5.32 Å². The van der Waals surface area contributed by atoms with Gasteiger partial charge in [0.15, 0.2) is 6.39 Å². The molecule has 0 fully saturated rings. The van der Waals surface area contributed by atoms with Gasteiger partial charge in [0.25, 0.3) is 5.69 Å².